The first-order valence-corrected chi connectivity index (χ1v) is 2.22. The number of rotatable bonds is 2. The predicted octanol–water partition coefficient (Wildman–Crippen LogP) is 0.225. The molecule has 0 bridgehead atoms. The molecule has 0 aliphatic carbocycles. The molecule has 0 aliphatic heterocycles. The maximum atomic E-state index is 6.87. The zero-order valence-corrected chi connectivity index (χ0v) is 4.28. The van der Waals surface area contributed by atoms with E-state index < -0.39 is 0 Å². The molecule has 2 nitrogen and oxygen atoms in total. The second-order valence-electron chi connectivity index (χ2n) is 1.28. The minimum atomic E-state index is -0.102. The summed E-state index contributed by atoms with van der Waals surface area (Å²) < 4.78 is 0. The van der Waals surface area contributed by atoms with Crippen LogP contribution >= 0.6 is 0 Å². The lowest BCUT2D eigenvalue weighted by Crippen LogP contribution is -2.25. The zero-order chi connectivity index (χ0) is 4.99. The molecule has 0 rings (SSSR count). The summed E-state index contributed by atoms with van der Waals surface area (Å²) in [5.74, 6) is 0. The smallest absolute Gasteiger partial charge is 0.0675 e. The van der Waals surface area contributed by atoms with Crippen molar-refractivity contribution < 1.29 is 0 Å². The molecule has 2 N–H and O–H groups in total. The zero-order valence-electron chi connectivity index (χ0n) is 4.28. The molecule has 0 saturated carbocycles. The largest absolute Gasteiger partial charge is 0.301 e. The van der Waals surface area contributed by atoms with Crippen LogP contribution in [0.25, 0.3) is 0 Å². The van der Waals surface area contributed by atoms with Gasteiger partial charge in [-0.25, -0.2) is 5.73 Å². The normalized spacial score (nSPS) is 14.5. The monoisotopic (exact) mass is 87.1 g/mol. The lowest BCUT2D eigenvalue weighted by atomic mass is 10.6. The van der Waals surface area contributed by atoms with Gasteiger partial charge in [0.1, 0.15) is 0 Å². The van der Waals surface area contributed by atoms with Gasteiger partial charge in [-0.2, -0.15) is 0 Å². The van der Waals surface area contributed by atoms with Crippen LogP contribution in [0.1, 0.15) is 13.8 Å². The van der Waals surface area contributed by atoms with Gasteiger partial charge in [-0.1, -0.05) is 6.92 Å². The van der Waals surface area contributed by atoms with E-state index in [1.165, 1.54) is 0 Å². The standard InChI is InChI=1S/C4H11N2/c1-3-6-4(2)5/h4-6H,3H2,1-2H3. The van der Waals surface area contributed by atoms with Crippen LogP contribution in [0.5, 0.6) is 0 Å². The van der Waals surface area contributed by atoms with Gasteiger partial charge in [0.2, 0.25) is 0 Å². The molecule has 0 aromatic rings. The van der Waals surface area contributed by atoms with Crippen molar-refractivity contribution in [1.82, 2.24) is 11.1 Å². The Morgan fingerprint density at radius 1 is 1.83 bits per heavy atom. The fourth-order valence-electron chi connectivity index (χ4n) is 0.306. The Hall–Kier alpha value is -0.0800. The maximum absolute atomic E-state index is 6.87. The first-order chi connectivity index (χ1) is 2.77. The van der Waals surface area contributed by atoms with Crippen molar-refractivity contribution in [3.05, 3.63) is 0 Å². The average molecular weight is 87.1 g/mol. The van der Waals surface area contributed by atoms with Crippen molar-refractivity contribution in [2.24, 2.45) is 0 Å². The van der Waals surface area contributed by atoms with E-state index in [0.717, 1.165) is 6.54 Å². The Kier molecular flexibility index (Phi) is 3.08. The van der Waals surface area contributed by atoms with Crippen molar-refractivity contribution in [2.75, 3.05) is 6.54 Å². The van der Waals surface area contributed by atoms with E-state index in [4.69, 9.17) is 5.73 Å². The third-order valence-corrected chi connectivity index (χ3v) is 0.510. The van der Waals surface area contributed by atoms with Crippen LogP contribution in [-0.2, 0) is 0 Å². The van der Waals surface area contributed by atoms with Gasteiger partial charge in [-0.15, -0.1) is 0 Å². The maximum Gasteiger partial charge on any atom is 0.0675 e. The predicted molar refractivity (Wildman–Crippen MR) is 26.2 cm³/mol. The molecule has 0 aliphatic rings. The number of hydrogen-bond donors (Lipinski definition) is 1. The van der Waals surface area contributed by atoms with Crippen LogP contribution in [0.4, 0.5) is 0 Å². The average Bonchev–Trinajstić information content (AvgIpc) is 1.35. The van der Waals surface area contributed by atoms with Crippen molar-refractivity contribution in [1.29, 1.82) is 0 Å². The quantitative estimate of drug-likeness (QED) is 0.514. The van der Waals surface area contributed by atoms with Gasteiger partial charge in [-0.3, -0.25) is 0 Å². The highest BCUT2D eigenvalue weighted by atomic mass is 15.0. The van der Waals surface area contributed by atoms with E-state index in [1.54, 1.807) is 0 Å². The second kappa shape index (κ2) is 3.12. The van der Waals surface area contributed by atoms with Gasteiger partial charge in [0.05, 0.1) is 6.17 Å². The van der Waals surface area contributed by atoms with Crippen LogP contribution < -0.4 is 11.1 Å². The first-order valence-electron chi connectivity index (χ1n) is 2.22. The van der Waals surface area contributed by atoms with Gasteiger partial charge < -0.3 is 5.32 Å². The lowest BCUT2D eigenvalue weighted by molar-refractivity contribution is 0.573. The molecule has 1 atom stereocenters. The molecule has 0 fully saturated rings. The van der Waals surface area contributed by atoms with E-state index >= 15 is 0 Å². The Labute approximate surface area is 38.7 Å². The Bertz CT molecular complexity index is 26.7. The fourth-order valence-corrected chi connectivity index (χ4v) is 0.306. The van der Waals surface area contributed by atoms with Crippen molar-refractivity contribution in [3.8, 4) is 0 Å². The Morgan fingerprint density at radius 3 is 2.33 bits per heavy atom. The van der Waals surface area contributed by atoms with Crippen molar-refractivity contribution in [3.63, 3.8) is 0 Å². The third kappa shape index (κ3) is 3.92. The summed E-state index contributed by atoms with van der Waals surface area (Å²) in [6.07, 6.45) is -0.102. The summed E-state index contributed by atoms with van der Waals surface area (Å²) in [6, 6.07) is 0. The molecule has 1 unspecified atom stereocenters. The highest BCUT2D eigenvalue weighted by Gasteiger charge is 1.83. The molecule has 1 radical (unpaired) electrons. The SMILES string of the molecule is CCNC(C)[NH]. The summed E-state index contributed by atoms with van der Waals surface area (Å²) in [6.45, 7) is 4.69. The van der Waals surface area contributed by atoms with Crippen LogP contribution in [0.3, 0.4) is 0 Å². The molecule has 6 heavy (non-hydrogen) atoms. The molecular formula is C4H11N2. The second-order valence-corrected chi connectivity index (χ2v) is 1.28. The third-order valence-electron chi connectivity index (χ3n) is 0.510. The minimum absolute atomic E-state index is 0.102. The fraction of sp³-hybridized carbons (Fsp3) is 1.00. The van der Waals surface area contributed by atoms with E-state index in [0.29, 0.717) is 0 Å². The van der Waals surface area contributed by atoms with Crippen LogP contribution in [0, 0.1) is 0 Å². The molecule has 0 heterocycles. The van der Waals surface area contributed by atoms with E-state index in [-0.39, 0.29) is 6.17 Å². The Balaban J connectivity index is 2.63. The summed E-state index contributed by atoms with van der Waals surface area (Å²) in [4.78, 5) is 0. The molecular weight excluding hydrogens is 76.1 g/mol. The Morgan fingerprint density at radius 2 is 2.33 bits per heavy atom. The van der Waals surface area contributed by atoms with Gasteiger partial charge in [0.15, 0.2) is 0 Å². The summed E-state index contributed by atoms with van der Waals surface area (Å²) in [5.41, 5.74) is 6.87. The molecule has 2 heteroatoms. The summed E-state index contributed by atoms with van der Waals surface area (Å²) in [7, 11) is 0. The summed E-state index contributed by atoms with van der Waals surface area (Å²) >= 11 is 0. The van der Waals surface area contributed by atoms with Gasteiger partial charge in [0.25, 0.3) is 0 Å². The van der Waals surface area contributed by atoms with Gasteiger partial charge in [0, 0.05) is 0 Å². The van der Waals surface area contributed by atoms with Crippen LogP contribution in [-0.4, -0.2) is 12.7 Å². The highest BCUT2D eigenvalue weighted by Crippen LogP contribution is 1.63. The van der Waals surface area contributed by atoms with Crippen LogP contribution in [0.2, 0.25) is 0 Å². The minimum Gasteiger partial charge on any atom is -0.301 e. The topological polar surface area (TPSA) is 35.8 Å². The summed E-state index contributed by atoms with van der Waals surface area (Å²) in [5, 5.41) is 2.88. The van der Waals surface area contributed by atoms with Crippen molar-refractivity contribution in [2.45, 2.75) is 20.0 Å². The molecule has 0 spiro atoms. The van der Waals surface area contributed by atoms with E-state index in [1.807, 2.05) is 13.8 Å². The van der Waals surface area contributed by atoms with Crippen LogP contribution in [0.15, 0.2) is 0 Å². The molecule has 0 aromatic carbocycles. The highest BCUT2D eigenvalue weighted by molar-refractivity contribution is 4.42. The van der Waals surface area contributed by atoms with E-state index in [9.17, 15) is 0 Å². The molecule has 0 amide bonds. The number of nitrogens with one attached hydrogen (secondary N) is 2. The lowest BCUT2D eigenvalue weighted by Gasteiger charge is -1.99. The van der Waals surface area contributed by atoms with Gasteiger partial charge >= 0.3 is 0 Å². The molecule has 37 valence electrons. The first kappa shape index (κ1) is 5.92. The number of hydrogen-bond acceptors (Lipinski definition) is 1. The van der Waals surface area contributed by atoms with Gasteiger partial charge in [-0.05, 0) is 13.5 Å². The van der Waals surface area contributed by atoms with E-state index in [2.05, 4.69) is 5.32 Å². The molecule has 0 saturated heterocycles. The molecule has 0 aromatic heterocycles. The van der Waals surface area contributed by atoms with Crippen molar-refractivity contribution >= 4 is 0 Å².